The molecule has 1 aromatic heterocycles. The van der Waals surface area contributed by atoms with Crippen molar-refractivity contribution in [2.45, 2.75) is 105 Å². The quantitative estimate of drug-likeness (QED) is 0.319. The molecule has 43 heavy (non-hydrogen) atoms. The van der Waals surface area contributed by atoms with Crippen molar-refractivity contribution in [3.05, 3.63) is 61.7 Å². The largest absolute Gasteiger partial charge is 0.550 e. The highest BCUT2D eigenvalue weighted by atomic mass is 16.4. The molecule has 230 valence electrons. The highest BCUT2D eigenvalue weighted by Gasteiger charge is 2.32. The fourth-order valence-corrected chi connectivity index (χ4v) is 6.48. The molecular weight excluding hydrogens is 548 g/mol. The summed E-state index contributed by atoms with van der Waals surface area (Å²) in [7, 11) is 0. The highest BCUT2D eigenvalue weighted by Crippen LogP contribution is 2.35. The Morgan fingerprint density at radius 1 is 0.837 bits per heavy atom. The molecule has 0 unspecified atom stereocenters. The Hall–Kier alpha value is -4.21. The Bertz CT molecular complexity index is 1530. The first-order valence-electron chi connectivity index (χ1n) is 15.0. The Morgan fingerprint density at radius 3 is 2.09 bits per heavy atom. The topological polar surface area (TPSA) is 167 Å². The van der Waals surface area contributed by atoms with E-state index in [9.17, 15) is 29.4 Å². The number of aromatic amines is 1. The summed E-state index contributed by atoms with van der Waals surface area (Å²) in [5.41, 5.74) is 9.83. The van der Waals surface area contributed by atoms with Crippen LogP contribution < -0.4 is 20.8 Å². The number of carboxylic acids is 2. The summed E-state index contributed by atoms with van der Waals surface area (Å²) >= 11 is 0. The molecule has 2 amide bonds. The van der Waals surface area contributed by atoms with Gasteiger partial charge in [-0.05, 0) is 106 Å². The summed E-state index contributed by atoms with van der Waals surface area (Å²) in [5, 5.41) is 28.9. The number of nitrogens with one attached hydrogen (secondary N) is 3. The van der Waals surface area contributed by atoms with Gasteiger partial charge in [0.15, 0.2) is 0 Å². The van der Waals surface area contributed by atoms with E-state index in [4.69, 9.17) is 4.99 Å². The van der Waals surface area contributed by atoms with Crippen LogP contribution in [0.1, 0.15) is 95.7 Å². The number of nitrogens with zero attached hydrogens (tertiary/aromatic N) is 1. The van der Waals surface area contributed by atoms with Crippen molar-refractivity contribution in [3.63, 3.8) is 0 Å². The van der Waals surface area contributed by atoms with Crippen molar-refractivity contribution in [3.8, 4) is 0 Å². The number of carbonyl (C=O) groups excluding carboxylic acids is 4. The molecule has 4 rings (SSSR count). The van der Waals surface area contributed by atoms with Crippen molar-refractivity contribution < 1.29 is 29.4 Å². The second kappa shape index (κ2) is 13.0. The fraction of sp³-hybridized carbons (Fsp3) is 0.485. The molecule has 1 aromatic rings. The van der Waals surface area contributed by atoms with E-state index in [1.54, 1.807) is 0 Å². The molecule has 0 saturated heterocycles. The third-order valence-electron chi connectivity index (χ3n) is 9.07. The highest BCUT2D eigenvalue weighted by molar-refractivity contribution is 6.07. The lowest BCUT2D eigenvalue weighted by molar-refractivity contribution is -0.307. The molecule has 0 fully saturated rings. The van der Waals surface area contributed by atoms with E-state index in [-0.39, 0.29) is 49.6 Å². The van der Waals surface area contributed by atoms with Crippen molar-refractivity contribution in [1.82, 2.24) is 15.6 Å². The molecule has 0 spiro atoms. The molecule has 4 heterocycles. The Morgan fingerprint density at radius 2 is 1.49 bits per heavy atom. The molecule has 10 nitrogen and oxygen atoms in total. The number of aromatic nitrogens is 1. The normalized spacial score (nSPS) is 21.3. The summed E-state index contributed by atoms with van der Waals surface area (Å²) < 4.78 is 0. The van der Waals surface area contributed by atoms with Crippen LogP contribution in [0.3, 0.4) is 0 Å². The lowest BCUT2D eigenvalue weighted by atomic mass is 9.95. The number of hydrogen-bond donors (Lipinski definition) is 3. The summed E-state index contributed by atoms with van der Waals surface area (Å²) in [6.45, 7) is 11.6. The average molecular weight is 589 g/mol. The maximum Gasteiger partial charge on any atom is 0.247 e. The van der Waals surface area contributed by atoms with Gasteiger partial charge in [-0.25, -0.2) is 0 Å². The number of carboxylic acid groups (broad SMARTS) is 2. The predicted molar refractivity (Wildman–Crippen MR) is 159 cm³/mol. The minimum atomic E-state index is -1.16. The second-order valence-corrected chi connectivity index (χ2v) is 11.5. The Balaban J connectivity index is 1.74. The van der Waals surface area contributed by atoms with Gasteiger partial charge in [-0.15, -0.1) is 0 Å². The van der Waals surface area contributed by atoms with Gasteiger partial charge in [0.05, 0.1) is 17.8 Å². The van der Waals surface area contributed by atoms with Gasteiger partial charge < -0.3 is 35.4 Å². The Labute approximate surface area is 252 Å². The second-order valence-electron chi connectivity index (χ2n) is 11.5. The first-order chi connectivity index (χ1) is 20.4. The standard InChI is InChI=1S/C33H42N4O6/c1-7-20-19(6)32(42)37-27(20)14-25-18(5)23(10-12-31(40)41)29(35-25)15-28-22(9-11-30(38)39)17(4)24(34-28)13-26-16(3)21(8-2)33(43)36-26/h15,26-27,35H,7-14H2,1-6H3,(H,36,43)(H,37,42)(H,38,39)(H,40,41)/p-2/b28-15-/t26-,27+/m1/s1. The maximum absolute atomic E-state index is 12.4. The van der Waals surface area contributed by atoms with Gasteiger partial charge in [0.25, 0.3) is 0 Å². The lowest BCUT2D eigenvalue weighted by Crippen LogP contribution is -2.31. The lowest BCUT2D eigenvalue weighted by Gasteiger charge is -2.14. The summed E-state index contributed by atoms with van der Waals surface area (Å²) in [4.78, 5) is 56.0. The maximum atomic E-state index is 12.4. The molecule has 0 radical (unpaired) electrons. The third kappa shape index (κ3) is 6.58. The van der Waals surface area contributed by atoms with E-state index < -0.39 is 11.9 Å². The van der Waals surface area contributed by atoms with Gasteiger partial charge >= 0.3 is 0 Å². The number of rotatable bonds is 13. The summed E-state index contributed by atoms with van der Waals surface area (Å²) in [6.07, 6.45) is 4.34. The zero-order chi connectivity index (χ0) is 31.6. The van der Waals surface area contributed by atoms with Crippen LogP contribution >= 0.6 is 0 Å². The van der Waals surface area contributed by atoms with E-state index in [2.05, 4.69) is 15.6 Å². The van der Waals surface area contributed by atoms with Gasteiger partial charge in [-0.1, -0.05) is 13.8 Å². The van der Waals surface area contributed by atoms with Crippen molar-refractivity contribution in [2.75, 3.05) is 0 Å². The smallest absolute Gasteiger partial charge is 0.247 e. The zero-order valence-corrected chi connectivity index (χ0v) is 25.8. The number of allylic oxidation sites excluding steroid dienone is 2. The van der Waals surface area contributed by atoms with E-state index in [0.717, 1.165) is 62.4 Å². The van der Waals surface area contributed by atoms with Gasteiger partial charge in [0, 0.05) is 53.0 Å². The molecule has 0 bridgehead atoms. The molecule has 0 saturated carbocycles. The molecule has 3 aliphatic heterocycles. The van der Waals surface area contributed by atoms with E-state index >= 15 is 0 Å². The zero-order valence-electron chi connectivity index (χ0n) is 25.8. The van der Waals surface area contributed by atoms with Crippen molar-refractivity contribution in [1.29, 1.82) is 0 Å². The fourth-order valence-electron chi connectivity index (χ4n) is 6.48. The minimum Gasteiger partial charge on any atom is -0.550 e. The third-order valence-corrected chi connectivity index (χ3v) is 9.07. The van der Waals surface area contributed by atoms with Gasteiger partial charge in [-0.3, -0.25) is 14.6 Å². The minimum absolute atomic E-state index is 0.0696. The van der Waals surface area contributed by atoms with Crippen LogP contribution in [0.5, 0.6) is 0 Å². The summed E-state index contributed by atoms with van der Waals surface area (Å²) in [5.74, 6) is -2.47. The molecule has 3 aliphatic rings. The first kappa shape index (κ1) is 31.7. The van der Waals surface area contributed by atoms with E-state index in [1.807, 2.05) is 47.6 Å². The number of carbonyl (C=O) groups is 4. The van der Waals surface area contributed by atoms with Crippen molar-refractivity contribution in [2.24, 2.45) is 4.99 Å². The SMILES string of the molecule is CCC1=C(C)[C@@H](CC2=N/C(=C\c3[nH]c(C[C@@H]4NC(=O)C(C)=C4CC)c(C)c3CCC(=O)[O-])C(CCC(=O)[O-])=C2C)NC1=O. The number of aliphatic carboxylic acids is 2. The number of H-pyrrole nitrogens is 1. The van der Waals surface area contributed by atoms with Crippen LogP contribution in [0.2, 0.25) is 0 Å². The van der Waals surface area contributed by atoms with Crippen LogP contribution in [0.15, 0.2) is 44.1 Å². The number of hydrogen-bond acceptors (Lipinski definition) is 7. The van der Waals surface area contributed by atoms with Crippen LogP contribution in [-0.2, 0) is 32.0 Å². The Kier molecular flexibility index (Phi) is 9.57. The van der Waals surface area contributed by atoms with Crippen LogP contribution in [0, 0.1) is 6.92 Å². The number of amides is 2. The average Bonchev–Trinajstić information content (AvgIpc) is 3.59. The van der Waals surface area contributed by atoms with Crippen molar-refractivity contribution >= 4 is 35.5 Å². The van der Waals surface area contributed by atoms with Gasteiger partial charge in [0.2, 0.25) is 11.8 Å². The van der Waals surface area contributed by atoms with E-state index in [0.29, 0.717) is 30.7 Å². The molecular formula is C33H40N4O6-2. The van der Waals surface area contributed by atoms with Crippen LogP contribution in [0.25, 0.3) is 6.08 Å². The number of aliphatic imine (C=N–C) groups is 1. The predicted octanol–water partition coefficient (Wildman–Crippen LogP) is 2.03. The first-order valence-corrected chi connectivity index (χ1v) is 15.0. The van der Waals surface area contributed by atoms with E-state index in [1.165, 1.54) is 0 Å². The van der Waals surface area contributed by atoms with Crippen LogP contribution in [-0.4, -0.2) is 46.5 Å². The van der Waals surface area contributed by atoms with Crippen LogP contribution in [0.4, 0.5) is 0 Å². The summed E-state index contributed by atoms with van der Waals surface area (Å²) in [6, 6.07) is -0.353. The van der Waals surface area contributed by atoms with Gasteiger partial charge in [-0.2, -0.15) is 0 Å². The van der Waals surface area contributed by atoms with Gasteiger partial charge in [0.1, 0.15) is 0 Å². The monoisotopic (exact) mass is 588 g/mol. The molecule has 10 heteroatoms. The molecule has 0 aliphatic carbocycles. The molecule has 3 N–H and O–H groups in total. The molecule has 2 atom stereocenters. The molecule has 0 aromatic carbocycles.